The Labute approximate surface area is 81.0 Å². The molecule has 0 saturated carbocycles. The summed E-state index contributed by atoms with van der Waals surface area (Å²) in [6.07, 6.45) is 3.69. The Morgan fingerprint density at radius 2 is 2.36 bits per heavy atom. The summed E-state index contributed by atoms with van der Waals surface area (Å²) in [5, 5.41) is 8.41. The van der Waals surface area contributed by atoms with Gasteiger partial charge in [-0.05, 0) is 18.9 Å². The Balaban J connectivity index is 2.62. The first-order valence-corrected chi connectivity index (χ1v) is 4.34. The molecule has 0 fully saturated rings. The SMILES string of the molecule is Cc1cnc(=O)n(CCCC(=O)O)c1. The quantitative estimate of drug-likeness (QED) is 0.757. The molecule has 0 aliphatic carbocycles. The van der Waals surface area contributed by atoms with Crippen molar-refractivity contribution in [1.29, 1.82) is 0 Å². The number of rotatable bonds is 4. The van der Waals surface area contributed by atoms with Gasteiger partial charge in [-0.3, -0.25) is 9.36 Å². The molecule has 0 aliphatic heterocycles. The lowest BCUT2D eigenvalue weighted by Gasteiger charge is -2.03. The van der Waals surface area contributed by atoms with Crippen LogP contribution in [0.2, 0.25) is 0 Å². The van der Waals surface area contributed by atoms with E-state index >= 15 is 0 Å². The van der Waals surface area contributed by atoms with Crippen LogP contribution in [0.4, 0.5) is 0 Å². The molecular weight excluding hydrogens is 184 g/mol. The number of nitrogens with zero attached hydrogens (tertiary/aromatic N) is 2. The van der Waals surface area contributed by atoms with Crippen LogP contribution in [0.25, 0.3) is 0 Å². The van der Waals surface area contributed by atoms with Crippen LogP contribution in [-0.4, -0.2) is 20.6 Å². The Hall–Kier alpha value is -1.65. The van der Waals surface area contributed by atoms with Gasteiger partial charge >= 0.3 is 11.7 Å². The Bertz CT molecular complexity index is 384. The Kier molecular flexibility index (Phi) is 3.39. The zero-order chi connectivity index (χ0) is 10.6. The molecule has 0 bridgehead atoms. The van der Waals surface area contributed by atoms with Crippen molar-refractivity contribution in [3.63, 3.8) is 0 Å². The molecule has 76 valence electrons. The number of hydrogen-bond donors (Lipinski definition) is 1. The molecule has 0 aliphatic rings. The van der Waals surface area contributed by atoms with Crippen LogP contribution in [0.1, 0.15) is 18.4 Å². The first kappa shape index (κ1) is 10.4. The van der Waals surface area contributed by atoms with E-state index < -0.39 is 5.97 Å². The molecule has 5 nitrogen and oxygen atoms in total. The minimum Gasteiger partial charge on any atom is -0.481 e. The van der Waals surface area contributed by atoms with Crippen LogP contribution < -0.4 is 5.69 Å². The lowest BCUT2D eigenvalue weighted by molar-refractivity contribution is -0.137. The van der Waals surface area contributed by atoms with Crippen molar-refractivity contribution in [2.75, 3.05) is 0 Å². The van der Waals surface area contributed by atoms with E-state index in [2.05, 4.69) is 4.98 Å². The molecule has 1 rings (SSSR count). The van der Waals surface area contributed by atoms with Crippen LogP contribution in [0.3, 0.4) is 0 Å². The van der Waals surface area contributed by atoms with Crippen molar-refractivity contribution in [2.24, 2.45) is 0 Å². The predicted octanol–water partition coefficient (Wildman–Crippen LogP) is 0.417. The summed E-state index contributed by atoms with van der Waals surface area (Å²) in [5.74, 6) is -0.848. The van der Waals surface area contributed by atoms with Gasteiger partial charge in [0.25, 0.3) is 0 Å². The molecule has 0 aromatic carbocycles. The van der Waals surface area contributed by atoms with E-state index in [1.165, 1.54) is 10.8 Å². The summed E-state index contributed by atoms with van der Waals surface area (Å²) in [4.78, 5) is 25.0. The average Bonchev–Trinajstić information content (AvgIpc) is 2.10. The second-order valence-corrected chi connectivity index (χ2v) is 3.10. The van der Waals surface area contributed by atoms with Crippen molar-refractivity contribution in [3.05, 3.63) is 28.4 Å². The summed E-state index contributed by atoms with van der Waals surface area (Å²) in [6, 6.07) is 0. The van der Waals surface area contributed by atoms with E-state index in [4.69, 9.17) is 5.11 Å². The molecule has 5 heteroatoms. The standard InChI is InChI=1S/C9H12N2O3/c1-7-5-10-9(14)11(6-7)4-2-3-8(12)13/h5-6H,2-4H2,1H3,(H,12,13). The second-order valence-electron chi connectivity index (χ2n) is 3.10. The normalized spacial score (nSPS) is 10.1. The van der Waals surface area contributed by atoms with E-state index in [9.17, 15) is 9.59 Å². The van der Waals surface area contributed by atoms with Gasteiger partial charge in [0.05, 0.1) is 0 Å². The van der Waals surface area contributed by atoms with E-state index in [0.29, 0.717) is 13.0 Å². The summed E-state index contributed by atoms with van der Waals surface area (Å²) in [6.45, 7) is 2.24. The Morgan fingerprint density at radius 1 is 1.64 bits per heavy atom. The zero-order valence-electron chi connectivity index (χ0n) is 7.93. The maximum absolute atomic E-state index is 11.2. The maximum atomic E-state index is 11.2. The number of aromatic nitrogens is 2. The smallest absolute Gasteiger partial charge is 0.347 e. The lowest BCUT2D eigenvalue weighted by atomic mass is 10.3. The molecule has 1 aromatic rings. The van der Waals surface area contributed by atoms with Gasteiger partial charge in [-0.25, -0.2) is 9.78 Å². The van der Waals surface area contributed by atoms with Crippen molar-refractivity contribution in [1.82, 2.24) is 9.55 Å². The maximum Gasteiger partial charge on any atom is 0.347 e. The monoisotopic (exact) mass is 196 g/mol. The van der Waals surface area contributed by atoms with Crippen LogP contribution in [0.5, 0.6) is 0 Å². The van der Waals surface area contributed by atoms with E-state index in [-0.39, 0.29) is 12.1 Å². The largest absolute Gasteiger partial charge is 0.481 e. The van der Waals surface area contributed by atoms with Gasteiger partial charge in [0, 0.05) is 25.4 Å². The zero-order valence-corrected chi connectivity index (χ0v) is 7.93. The van der Waals surface area contributed by atoms with Crippen molar-refractivity contribution in [2.45, 2.75) is 26.3 Å². The van der Waals surface area contributed by atoms with Gasteiger partial charge in [-0.1, -0.05) is 0 Å². The summed E-state index contributed by atoms with van der Waals surface area (Å²) < 4.78 is 1.43. The molecular formula is C9H12N2O3. The minimum atomic E-state index is -0.848. The second kappa shape index (κ2) is 4.55. The van der Waals surface area contributed by atoms with Crippen molar-refractivity contribution in [3.8, 4) is 0 Å². The fourth-order valence-electron chi connectivity index (χ4n) is 1.13. The number of aryl methyl sites for hydroxylation is 2. The van der Waals surface area contributed by atoms with Gasteiger partial charge in [0.2, 0.25) is 0 Å². The highest BCUT2D eigenvalue weighted by Gasteiger charge is 2.00. The number of carboxylic acids is 1. The number of carbonyl (C=O) groups is 1. The highest BCUT2D eigenvalue weighted by molar-refractivity contribution is 5.66. The van der Waals surface area contributed by atoms with Gasteiger partial charge in [-0.2, -0.15) is 0 Å². The third kappa shape index (κ3) is 3.01. The number of carboxylic acid groups (broad SMARTS) is 1. The molecule has 0 unspecified atom stereocenters. The molecule has 0 radical (unpaired) electrons. The number of hydrogen-bond acceptors (Lipinski definition) is 3. The molecule has 0 saturated heterocycles. The minimum absolute atomic E-state index is 0.0698. The Morgan fingerprint density at radius 3 is 3.00 bits per heavy atom. The molecule has 1 N–H and O–H groups in total. The van der Waals surface area contributed by atoms with Gasteiger partial charge < -0.3 is 5.11 Å². The third-order valence-electron chi connectivity index (χ3n) is 1.77. The predicted molar refractivity (Wildman–Crippen MR) is 50.1 cm³/mol. The summed E-state index contributed by atoms with van der Waals surface area (Å²) >= 11 is 0. The lowest BCUT2D eigenvalue weighted by Crippen LogP contribution is -2.22. The van der Waals surface area contributed by atoms with Gasteiger partial charge in [0.15, 0.2) is 0 Å². The first-order chi connectivity index (χ1) is 6.59. The summed E-state index contributed by atoms with van der Waals surface area (Å²) in [5.41, 5.74) is 0.556. The fraction of sp³-hybridized carbons (Fsp3) is 0.444. The van der Waals surface area contributed by atoms with Gasteiger partial charge in [0.1, 0.15) is 0 Å². The van der Waals surface area contributed by atoms with E-state index in [1.807, 2.05) is 6.92 Å². The molecule has 1 aromatic heterocycles. The fourth-order valence-corrected chi connectivity index (χ4v) is 1.13. The van der Waals surface area contributed by atoms with Crippen LogP contribution in [-0.2, 0) is 11.3 Å². The van der Waals surface area contributed by atoms with Crippen LogP contribution in [0, 0.1) is 6.92 Å². The van der Waals surface area contributed by atoms with E-state index in [0.717, 1.165) is 5.56 Å². The molecule has 1 heterocycles. The van der Waals surface area contributed by atoms with Crippen LogP contribution >= 0.6 is 0 Å². The molecule has 14 heavy (non-hydrogen) atoms. The first-order valence-electron chi connectivity index (χ1n) is 4.34. The average molecular weight is 196 g/mol. The summed E-state index contributed by atoms with van der Waals surface area (Å²) in [7, 11) is 0. The topological polar surface area (TPSA) is 72.2 Å². The highest BCUT2D eigenvalue weighted by Crippen LogP contribution is 1.94. The van der Waals surface area contributed by atoms with Crippen LogP contribution in [0.15, 0.2) is 17.2 Å². The molecule has 0 amide bonds. The highest BCUT2D eigenvalue weighted by atomic mass is 16.4. The molecule has 0 spiro atoms. The number of aliphatic carboxylic acids is 1. The van der Waals surface area contributed by atoms with Gasteiger partial charge in [-0.15, -0.1) is 0 Å². The van der Waals surface area contributed by atoms with Crippen molar-refractivity contribution >= 4 is 5.97 Å². The van der Waals surface area contributed by atoms with E-state index in [1.54, 1.807) is 6.20 Å². The van der Waals surface area contributed by atoms with Crippen molar-refractivity contribution < 1.29 is 9.90 Å². The third-order valence-corrected chi connectivity index (χ3v) is 1.77. The molecule has 0 atom stereocenters.